The van der Waals surface area contributed by atoms with Crippen LogP contribution in [-0.4, -0.2) is 80.7 Å². The van der Waals surface area contributed by atoms with Crippen molar-refractivity contribution in [3.05, 3.63) is 35.9 Å². The lowest BCUT2D eigenvalue weighted by atomic mass is 10.1. The summed E-state index contributed by atoms with van der Waals surface area (Å²) in [4.78, 5) is 51.4. The van der Waals surface area contributed by atoms with Gasteiger partial charge in [-0.05, 0) is 12.0 Å². The fraction of sp³-hybridized carbons (Fsp3) is 0.524. The summed E-state index contributed by atoms with van der Waals surface area (Å²) in [5, 5.41) is 3.17. The summed E-state index contributed by atoms with van der Waals surface area (Å²) in [5.41, 5.74) is 0.796. The molecule has 32 heavy (non-hydrogen) atoms. The molecule has 0 spiro atoms. The van der Waals surface area contributed by atoms with E-state index in [0.29, 0.717) is 26.3 Å². The monoisotopic (exact) mass is 467 g/mol. The van der Waals surface area contributed by atoms with Gasteiger partial charge in [0, 0.05) is 25.9 Å². The zero-order chi connectivity index (χ0) is 23.7. The number of nitrogens with zero attached hydrogens (tertiary/aromatic N) is 1. The third-order valence-electron chi connectivity index (χ3n) is 5.09. The fourth-order valence-electron chi connectivity index (χ4n) is 3.18. The first-order valence-corrected chi connectivity index (χ1v) is 12.3. The maximum Gasteiger partial charge on any atom is 0.289 e. The Balaban J connectivity index is 2.01. The largest absolute Gasteiger partial charge is 0.378 e. The van der Waals surface area contributed by atoms with E-state index in [1.807, 2.05) is 6.07 Å². The van der Waals surface area contributed by atoms with E-state index >= 15 is 0 Å². The molecule has 0 aliphatic carbocycles. The van der Waals surface area contributed by atoms with E-state index in [0.717, 1.165) is 11.8 Å². The van der Waals surface area contributed by atoms with Crippen LogP contribution in [0.5, 0.6) is 0 Å². The second-order valence-corrected chi connectivity index (χ2v) is 9.75. The molecule has 1 heterocycles. The van der Waals surface area contributed by atoms with Crippen LogP contribution >= 0.6 is 0 Å². The average molecular weight is 468 g/mol. The molecule has 11 heteroatoms. The van der Waals surface area contributed by atoms with Gasteiger partial charge in [0.25, 0.3) is 5.91 Å². The number of hydrogen-bond acceptors (Lipinski definition) is 7. The fourth-order valence-corrected chi connectivity index (χ4v) is 4.08. The predicted octanol–water partition coefficient (Wildman–Crippen LogP) is -0.571. The minimum Gasteiger partial charge on any atom is -0.378 e. The topological polar surface area (TPSA) is 139 Å². The molecule has 1 aliphatic heterocycles. The average Bonchev–Trinajstić information content (AvgIpc) is 2.79. The predicted molar refractivity (Wildman–Crippen MR) is 116 cm³/mol. The molecule has 1 unspecified atom stereocenters. The molecule has 1 saturated heterocycles. The summed E-state index contributed by atoms with van der Waals surface area (Å²) < 4.78 is 29.6. The number of ketones is 1. The Bertz CT molecular complexity index is 928. The van der Waals surface area contributed by atoms with Gasteiger partial charge in [-0.2, -0.15) is 0 Å². The molecule has 0 saturated carbocycles. The van der Waals surface area contributed by atoms with Crippen molar-refractivity contribution < 1.29 is 32.3 Å². The zero-order valence-corrected chi connectivity index (χ0v) is 19.0. The molecular formula is C21H29N3O7S. The number of nitrogens with one attached hydrogen (secondary N) is 2. The van der Waals surface area contributed by atoms with Crippen molar-refractivity contribution in [3.8, 4) is 0 Å². The van der Waals surface area contributed by atoms with E-state index in [9.17, 15) is 27.6 Å². The minimum absolute atomic E-state index is 0.0806. The van der Waals surface area contributed by atoms with Gasteiger partial charge in [-0.3, -0.25) is 19.2 Å². The Hall–Kier alpha value is -2.79. The third kappa shape index (κ3) is 7.41. The van der Waals surface area contributed by atoms with Crippen molar-refractivity contribution in [2.45, 2.75) is 37.6 Å². The van der Waals surface area contributed by atoms with Gasteiger partial charge in [0.05, 0.1) is 25.7 Å². The molecule has 176 valence electrons. The van der Waals surface area contributed by atoms with E-state index in [4.69, 9.17) is 4.74 Å². The van der Waals surface area contributed by atoms with Crippen LogP contribution in [0, 0.1) is 0 Å². The van der Waals surface area contributed by atoms with E-state index in [-0.39, 0.29) is 13.0 Å². The van der Waals surface area contributed by atoms with Crippen LogP contribution < -0.4 is 10.6 Å². The molecule has 0 radical (unpaired) electrons. The number of amides is 3. The van der Waals surface area contributed by atoms with Crippen LogP contribution in [0.15, 0.2) is 30.3 Å². The van der Waals surface area contributed by atoms with Crippen LogP contribution in [0.2, 0.25) is 0 Å². The number of ether oxygens (including phenoxy) is 1. The van der Waals surface area contributed by atoms with E-state index in [1.165, 1.54) is 4.90 Å². The molecular weight excluding hydrogens is 438 g/mol. The SMILES string of the molecule is CC[C@H](NC(=O)C(CC(=O)N1CCOCC1)S(C)(=O)=O)C(=O)C(=O)NCc1ccccc1. The number of Topliss-reactive ketones (excluding diaryl/α,β-unsaturated/α-hetero) is 1. The molecule has 2 atom stereocenters. The number of sulfone groups is 1. The number of morpholine rings is 1. The Labute approximate surface area is 187 Å². The number of benzene rings is 1. The summed E-state index contributed by atoms with van der Waals surface area (Å²) in [6.07, 6.45) is 0.395. The normalized spacial score (nSPS) is 16.0. The highest BCUT2D eigenvalue weighted by Gasteiger charge is 2.36. The van der Waals surface area contributed by atoms with E-state index < -0.39 is 51.1 Å². The molecule has 0 aromatic heterocycles. The van der Waals surface area contributed by atoms with Crippen molar-refractivity contribution in [1.82, 2.24) is 15.5 Å². The summed E-state index contributed by atoms with van der Waals surface area (Å²) in [6, 6.07) is 7.77. The van der Waals surface area contributed by atoms with Gasteiger partial charge in [-0.15, -0.1) is 0 Å². The van der Waals surface area contributed by atoms with Gasteiger partial charge in [0.2, 0.25) is 17.6 Å². The second-order valence-electron chi connectivity index (χ2n) is 7.52. The van der Waals surface area contributed by atoms with Crippen LogP contribution in [0.25, 0.3) is 0 Å². The summed E-state index contributed by atoms with van der Waals surface area (Å²) in [6.45, 7) is 3.03. The van der Waals surface area contributed by atoms with Gasteiger partial charge in [-0.1, -0.05) is 37.3 Å². The highest BCUT2D eigenvalue weighted by Crippen LogP contribution is 2.11. The van der Waals surface area contributed by atoms with Crippen molar-refractivity contribution >= 4 is 33.3 Å². The Morgan fingerprint density at radius 1 is 1.09 bits per heavy atom. The summed E-state index contributed by atoms with van der Waals surface area (Å²) >= 11 is 0. The van der Waals surface area contributed by atoms with Gasteiger partial charge in [-0.25, -0.2) is 8.42 Å². The minimum atomic E-state index is -3.95. The molecule has 1 fully saturated rings. The lowest BCUT2D eigenvalue weighted by Gasteiger charge is -2.28. The number of carbonyl (C=O) groups is 4. The molecule has 2 N–H and O–H groups in total. The van der Waals surface area contributed by atoms with Crippen molar-refractivity contribution in [2.24, 2.45) is 0 Å². The molecule has 1 aromatic carbocycles. The standard InChI is InChI=1S/C21H29N3O7S/c1-3-16(19(26)21(28)22-14-15-7-5-4-6-8-15)23-20(27)17(32(2,29)30)13-18(25)24-9-11-31-12-10-24/h4-8,16-17H,3,9-14H2,1-2H3,(H,22,28)(H,23,27)/t16-,17?/m0/s1. The maximum absolute atomic E-state index is 12.7. The lowest BCUT2D eigenvalue weighted by molar-refractivity contribution is -0.140. The first-order chi connectivity index (χ1) is 15.1. The second kappa shape index (κ2) is 11.7. The van der Waals surface area contributed by atoms with Crippen molar-refractivity contribution in [2.75, 3.05) is 32.6 Å². The molecule has 2 rings (SSSR count). The van der Waals surface area contributed by atoms with Crippen LogP contribution in [-0.2, 0) is 40.3 Å². The van der Waals surface area contributed by atoms with Crippen LogP contribution in [0.1, 0.15) is 25.3 Å². The lowest BCUT2D eigenvalue weighted by Crippen LogP contribution is -2.52. The van der Waals surface area contributed by atoms with E-state index in [1.54, 1.807) is 31.2 Å². The van der Waals surface area contributed by atoms with Gasteiger partial charge < -0.3 is 20.3 Å². The Morgan fingerprint density at radius 2 is 1.72 bits per heavy atom. The Kier molecular flexibility index (Phi) is 9.33. The zero-order valence-electron chi connectivity index (χ0n) is 18.2. The van der Waals surface area contributed by atoms with Gasteiger partial charge >= 0.3 is 0 Å². The summed E-state index contributed by atoms with van der Waals surface area (Å²) in [7, 11) is -3.95. The third-order valence-corrected chi connectivity index (χ3v) is 6.51. The molecule has 1 aromatic rings. The van der Waals surface area contributed by atoms with Crippen LogP contribution in [0.3, 0.4) is 0 Å². The molecule has 10 nitrogen and oxygen atoms in total. The number of carbonyl (C=O) groups excluding carboxylic acids is 4. The first-order valence-electron chi connectivity index (χ1n) is 10.3. The highest BCUT2D eigenvalue weighted by molar-refractivity contribution is 7.92. The van der Waals surface area contributed by atoms with Crippen molar-refractivity contribution in [3.63, 3.8) is 0 Å². The van der Waals surface area contributed by atoms with Gasteiger partial charge in [0.1, 0.15) is 5.25 Å². The first kappa shape index (κ1) is 25.5. The Morgan fingerprint density at radius 3 is 2.28 bits per heavy atom. The smallest absolute Gasteiger partial charge is 0.289 e. The molecule has 1 aliphatic rings. The molecule has 3 amide bonds. The quantitative estimate of drug-likeness (QED) is 0.439. The number of hydrogen-bond donors (Lipinski definition) is 2. The highest BCUT2D eigenvalue weighted by atomic mass is 32.2. The van der Waals surface area contributed by atoms with Gasteiger partial charge in [0.15, 0.2) is 9.84 Å². The van der Waals surface area contributed by atoms with Crippen molar-refractivity contribution in [1.29, 1.82) is 0 Å². The van der Waals surface area contributed by atoms with Crippen LogP contribution in [0.4, 0.5) is 0 Å². The maximum atomic E-state index is 12.7. The summed E-state index contributed by atoms with van der Waals surface area (Å²) in [5.74, 6) is -3.24. The number of rotatable bonds is 10. The van der Waals surface area contributed by atoms with E-state index in [2.05, 4.69) is 10.6 Å². The molecule has 0 bridgehead atoms.